The predicted octanol–water partition coefficient (Wildman–Crippen LogP) is 3.80. The normalized spacial score (nSPS) is 10.3. The predicted molar refractivity (Wildman–Crippen MR) is 70.4 cm³/mol. The maximum Gasteiger partial charge on any atom is 0.374 e. The van der Waals surface area contributed by atoms with Crippen molar-refractivity contribution in [1.29, 1.82) is 0 Å². The largest absolute Gasteiger partial charge is 0.451 e. The van der Waals surface area contributed by atoms with Crippen LogP contribution >= 0.6 is 38.9 Å². The van der Waals surface area contributed by atoms with Gasteiger partial charge in [-0.25, -0.2) is 4.79 Å². The molecule has 2 heterocycles. The minimum atomic E-state index is -0.684. The van der Waals surface area contributed by atoms with E-state index in [1.807, 2.05) is 0 Å². The molecule has 94 valence electrons. The van der Waals surface area contributed by atoms with Crippen molar-refractivity contribution < 1.29 is 18.7 Å². The monoisotopic (exact) mass is 348 g/mol. The molecule has 0 aromatic carbocycles. The van der Waals surface area contributed by atoms with Gasteiger partial charge >= 0.3 is 5.97 Å². The summed E-state index contributed by atoms with van der Waals surface area (Å²) >= 11 is 9.91. The maximum atomic E-state index is 11.6. The third-order valence-electron chi connectivity index (χ3n) is 1.96. The Morgan fingerprint density at radius 3 is 2.67 bits per heavy atom. The Labute approximate surface area is 120 Å². The number of halogens is 2. The van der Waals surface area contributed by atoms with Crippen LogP contribution < -0.4 is 0 Å². The molecule has 0 radical (unpaired) electrons. The molecular weight excluding hydrogens is 344 g/mol. The highest BCUT2D eigenvalue weighted by molar-refractivity contribution is 9.10. The lowest BCUT2D eigenvalue weighted by molar-refractivity contribution is 0.0443. The molecule has 18 heavy (non-hydrogen) atoms. The molecule has 0 fully saturated rings. The van der Waals surface area contributed by atoms with Crippen molar-refractivity contribution in [2.24, 2.45) is 0 Å². The highest BCUT2D eigenvalue weighted by atomic mass is 79.9. The van der Waals surface area contributed by atoms with E-state index in [-0.39, 0.29) is 18.2 Å². The van der Waals surface area contributed by atoms with Crippen molar-refractivity contribution in [2.45, 2.75) is 0 Å². The lowest BCUT2D eigenvalue weighted by Crippen LogP contribution is -2.12. The van der Waals surface area contributed by atoms with Crippen LogP contribution in [0.25, 0.3) is 0 Å². The van der Waals surface area contributed by atoms with Gasteiger partial charge in [0.05, 0.1) is 9.21 Å². The summed E-state index contributed by atoms with van der Waals surface area (Å²) in [4.78, 5) is 23.6. The lowest BCUT2D eigenvalue weighted by Gasteiger charge is -2.00. The van der Waals surface area contributed by atoms with E-state index in [2.05, 4.69) is 15.9 Å². The van der Waals surface area contributed by atoms with E-state index in [1.54, 1.807) is 18.2 Å². The fraction of sp³-hybridized carbons (Fsp3) is 0.0909. The number of hydrogen-bond donors (Lipinski definition) is 0. The summed E-state index contributed by atoms with van der Waals surface area (Å²) in [5.41, 5.74) is 0. The SMILES string of the molecule is O=C(OCC(=O)c1ccc(Cl)s1)c1ccc(Br)o1. The van der Waals surface area contributed by atoms with Gasteiger partial charge < -0.3 is 9.15 Å². The van der Waals surface area contributed by atoms with E-state index in [9.17, 15) is 9.59 Å². The molecule has 4 nitrogen and oxygen atoms in total. The number of ketones is 1. The molecule has 0 amide bonds. The Bertz CT molecular complexity index is 537. The van der Waals surface area contributed by atoms with E-state index in [1.165, 1.54) is 6.07 Å². The van der Waals surface area contributed by atoms with E-state index in [0.717, 1.165) is 11.3 Å². The van der Waals surface area contributed by atoms with E-state index < -0.39 is 5.97 Å². The van der Waals surface area contributed by atoms with Crippen LogP contribution in [0.15, 0.2) is 33.4 Å². The molecule has 0 spiro atoms. The van der Waals surface area contributed by atoms with Crippen LogP contribution in [0.3, 0.4) is 0 Å². The second-order valence-corrected chi connectivity index (χ2v) is 5.70. The number of ether oxygens (including phenoxy) is 1. The molecular formula is C11H6BrClO4S. The standard InChI is InChI=1S/C11H6BrClO4S/c12-9-3-1-7(17-9)11(15)16-5-6(14)8-2-4-10(13)18-8/h1-4H,5H2. The fourth-order valence-electron chi connectivity index (χ4n) is 1.16. The van der Waals surface area contributed by atoms with Crippen molar-refractivity contribution in [2.75, 3.05) is 6.61 Å². The van der Waals surface area contributed by atoms with Crippen molar-refractivity contribution in [1.82, 2.24) is 0 Å². The van der Waals surface area contributed by atoms with Crippen molar-refractivity contribution >= 4 is 50.6 Å². The van der Waals surface area contributed by atoms with Gasteiger partial charge in [0.15, 0.2) is 11.3 Å². The third-order valence-corrected chi connectivity index (χ3v) is 3.66. The number of Topliss-reactive ketones (excluding diaryl/α,β-unsaturated/α-hetero) is 1. The zero-order valence-corrected chi connectivity index (χ0v) is 12.0. The molecule has 0 saturated carbocycles. The number of esters is 1. The minimum absolute atomic E-state index is 0.0406. The molecule has 0 aliphatic carbocycles. The minimum Gasteiger partial charge on any atom is -0.451 e. The zero-order valence-electron chi connectivity index (χ0n) is 8.81. The van der Waals surface area contributed by atoms with E-state index >= 15 is 0 Å². The average molecular weight is 350 g/mol. The van der Waals surface area contributed by atoms with Crippen LogP contribution in [-0.4, -0.2) is 18.4 Å². The Morgan fingerprint density at radius 1 is 1.33 bits per heavy atom. The fourth-order valence-corrected chi connectivity index (χ4v) is 2.44. The van der Waals surface area contributed by atoms with Gasteiger partial charge in [0, 0.05) is 0 Å². The number of rotatable bonds is 4. The van der Waals surface area contributed by atoms with Crippen LogP contribution in [0.5, 0.6) is 0 Å². The summed E-state index contributed by atoms with van der Waals surface area (Å²) in [7, 11) is 0. The summed E-state index contributed by atoms with van der Waals surface area (Å²) in [5, 5.41) is 0. The number of hydrogen-bond acceptors (Lipinski definition) is 5. The van der Waals surface area contributed by atoms with Gasteiger partial charge in [0.25, 0.3) is 0 Å². The molecule has 2 rings (SSSR count). The summed E-state index contributed by atoms with van der Waals surface area (Å²) in [5.74, 6) is -0.943. The molecule has 0 unspecified atom stereocenters. The van der Waals surface area contributed by atoms with Crippen molar-refractivity contribution in [3.8, 4) is 0 Å². The highest BCUT2D eigenvalue weighted by Crippen LogP contribution is 2.22. The van der Waals surface area contributed by atoms with E-state index in [0.29, 0.717) is 13.9 Å². The Hall–Kier alpha value is -1.11. The van der Waals surface area contributed by atoms with Gasteiger partial charge in [0.2, 0.25) is 11.5 Å². The van der Waals surface area contributed by atoms with Crippen LogP contribution in [-0.2, 0) is 4.74 Å². The van der Waals surface area contributed by atoms with Crippen LogP contribution in [0.2, 0.25) is 4.34 Å². The van der Waals surface area contributed by atoms with Crippen LogP contribution in [0.4, 0.5) is 0 Å². The molecule has 0 aliphatic rings. The second-order valence-electron chi connectivity index (χ2n) is 3.21. The number of carbonyl (C=O) groups excluding carboxylic acids is 2. The molecule has 0 aliphatic heterocycles. The van der Waals surface area contributed by atoms with Crippen molar-refractivity contribution in [3.63, 3.8) is 0 Å². The average Bonchev–Trinajstić information content (AvgIpc) is 2.94. The summed E-state index contributed by atoms with van der Waals surface area (Å²) < 4.78 is 10.8. The quantitative estimate of drug-likeness (QED) is 0.622. The summed E-state index contributed by atoms with van der Waals surface area (Å²) in [6.07, 6.45) is 0. The number of thiophene rings is 1. The number of carbonyl (C=O) groups is 2. The molecule has 7 heteroatoms. The Balaban J connectivity index is 1.92. The zero-order chi connectivity index (χ0) is 13.1. The van der Waals surface area contributed by atoms with Gasteiger partial charge in [-0.1, -0.05) is 11.6 Å². The van der Waals surface area contributed by atoms with Crippen LogP contribution in [0.1, 0.15) is 20.2 Å². The third kappa shape index (κ3) is 3.22. The van der Waals surface area contributed by atoms with E-state index in [4.69, 9.17) is 20.8 Å². The first-order chi connectivity index (χ1) is 8.56. The smallest absolute Gasteiger partial charge is 0.374 e. The summed E-state index contributed by atoms with van der Waals surface area (Å²) in [6.45, 7) is -0.339. The maximum absolute atomic E-state index is 11.6. The first-order valence-electron chi connectivity index (χ1n) is 4.77. The first-order valence-corrected chi connectivity index (χ1v) is 6.76. The molecule has 0 bridgehead atoms. The Morgan fingerprint density at radius 2 is 2.11 bits per heavy atom. The van der Waals surface area contributed by atoms with Crippen molar-refractivity contribution in [3.05, 3.63) is 43.9 Å². The molecule has 2 aromatic heterocycles. The molecule has 0 atom stereocenters. The van der Waals surface area contributed by atoms with Gasteiger partial charge in [-0.2, -0.15) is 0 Å². The molecule has 0 saturated heterocycles. The van der Waals surface area contributed by atoms with Gasteiger partial charge in [-0.3, -0.25) is 4.79 Å². The van der Waals surface area contributed by atoms with Gasteiger partial charge in [-0.05, 0) is 40.2 Å². The molecule has 0 N–H and O–H groups in total. The first kappa shape index (κ1) is 13.3. The summed E-state index contributed by atoms with van der Waals surface area (Å²) in [6, 6.07) is 6.23. The highest BCUT2D eigenvalue weighted by Gasteiger charge is 2.15. The topological polar surface area (TPSA) is 56.5 Å². The molecule has 2 aromatic rings. The van der Waals surface area contributed by atoms with Gasteiger partial charge in [-0.15, -0.1) is 11.3 Å². The lowest BCUT2D eigenvalue weighted by atomic mass is 10.3. The van der Waals surface area contributed by atoms with Gasteiger partial charge in [0.1, 0.15) is 0 Å². The van der Waals surface area contributed by atoms with Crippen LogP contribution in [0, 0.1) is 0 Å². The Kier molecular flexibility index (Phi) is 4.21. The second kappa shape index (κ2) is 5.69. The number of furan rings is 1.